The van der Waals surface area contributed by atoms with Crippen LogP contribution in [0.25, 0.3) is 0 Å². The summed E-state index contributed by atoms with van der Waals surface area (Å²) in [5.74, 6) is 0.0451. The van der Waals surface area contributed by atoms with Crippen molar-refractivity contribution < 1.29 is 5.11 Å². The summed E-state index contributed by atoms with van der Waals surface area (Å²) in [6.45, 7) is 4.75. The van der Waals surface area contributed by atoms with Crippen molar-refractivity contribution in [1.82, 2.24) is 4.90 Å². The van der Waals surface area contributed by atoms with Gasteiger partial charge in [0.2, 0.25) is 0 Å². The van der Waals surface area contributed by atoms with Gasteiger partial charge in [-0.15, -0.1) is 0 Å². The van der Waals surface area contributed by atoms with Crippen molar-refractivity contribution in [3.8, 4) is 6.07 Å². The van der Waals surface area contributed by atoms with E-state index in [1.807, 2.05) is 27.0 Å². The monoisotopic (exact) mass is 168 g/mol. The molecule has 0 unspecified atom stereocenters. The predicted molar refractivity (Wildman–Crippen MR) is 46.4 cm³/mol. The molecule has 1 N–H and O–H groups in total. The molecule has 0 aromatic carbocycles. The maximum atomic E-state index is 9.85. The molecule has 1 heterocycles. The summed E-state index contributed by atoms with van der Waals surface area (Å²) in [6.07, 6.45) is 0.557. The maximum absolute atomic E-state index is 9.85. The highest BCUT2D eigenvalue weighted by Crippen LogP contribution is 2.29. The van der Waals surface area contributed by atoms with Crippen molar-refractivity contribution in [3.63, 3.8) is 0 Å². The molecule has 0 spiro atoms. The molecule has 0 amide bonds. The molecule has 0 saturated carbocycles. The second-order valence-corrected chi connectivity index (χ2v) is 3.93. The number of piperidine rings is 1. The van der Waals surface area contributed by atoms with Gasteiger partial charge in [0.1, 0.15) is 0 Å². The zero-order chi connectivity index (χ0) is 9.35. The number of hydrogen-bond acceptors (Lipinski definition) is 3. The minimum absolute atomic E-state index is 0.0451. The highest BCUT2D eigenvalue weighted by molar-refractivity contribution is 5.08. The molecule has 0 aromatic rings. The van der Waals surface area contributed by atoms with Gasteiger partial charge in [0.15, 0.2) is 5.60 Å². The molecule has 1 aliphatic rings. The lowest BCUT2D eigenvalue weighted by atomic mass is 9.80. The van der Waals surface area contributed by atoms with Gasteiger partial charge in [-0.2, -0.15) is 5.26 Å². The minimum atomic E-state index is -1.11. The second kappa shape index (κ2) is 3.04. The summed E-state index contributed by atoms with van der Waals surface area (Å²) in [5.41, 5.74) is -1.11. The lowest BCUT2D eigenvalue weighted by molar-refractivity contribution is -0.0361. The van der Waals surface area contributed by atoms with Gasteiger partial charge >= 0.3 is 0 Å². The van der Waals surface area contributed by atoms with E-state index in [-0.39, 0.29) is 5.92 Å². The Morgan fingerprint density at radius 2 is 2.17 bits per heavy atom. The van der Waals surface area contributed by atoms with Crippen molar-refractivity contribution >= 4 is 0 Å². The van der Waals surface area contributed by atoms with Crippen molar-refractivity contribution in [2.24, 2.45) is 5.92 Å². The molecule has 1 fully saturated rings. The van der Waals surface area contributed by atoms with Gasteiger partial charge in [-0.25, -0.2) is 0 Å². The first-order valence-corrected chi connectivity index (χ1v) is 4.33. The van der Waals surface area contributed by atoms with Crippen LogP contribution in [0, 0.1) is 17.2 Å². The largest absolute Gasteiger partial charge is 0.375 e. The van der Waals surface area contributed by atoms with Crippen LogP contribution in [0.4, 0.5) is 0 Å². The molecular weight excluding hydrogens is 152 g/mol. The highest BCUT2D eigenvalue weighted by atomic mass is 16.3. The Morgan fingerprint density at radius 3 is 2.67 bits per heavy atom. The van der Waals surface area contributed by atoms with Crippen LogP contribution in [0.15, 0.2) is 0 Å². The smallest absolute Gasteiger partial charge is 0.156 e. The van der Waals surface area contributed by atoms with Crippen LogP contribution in [0.2, 0.25) is 0 Å². The first-order chi connectivity index (χ1) is 5.49. The molecule has 1 saturated heterocycles. The van der Waals surface area contributed by atoms with Gasteiger partial charge in [-0.05, 0) is 14.0 Å². The summed E-state index contributed by atoms with van der Waals surface area (Å²) in [4.78, 5) is 2.18. The minimum Gasteiger partial charge on any atom is -0.375 e. The van der Waals surface area contributed by atoms with E-state index in [0.29, 0.717) is 12.5 Å². The first-order valence-electron chi connectivity index (χ1n) is 4.33. The number of rotatable bonds is 0. The van der Waals surface area contributed by atoms with Crippen LogP contribution in [-0.4, -0.2) is 35.2 Å². The zero-order valence-electron chi connectivity index (χ0n) is 7.91. The number of aliphatic hydroxyl groups is 1. The molecule has 3 nitrogen and oxygen atoms in total. The van der Waals surface area contributed by atoms with Crippen molar-refractivity contribution in [2.45, 2.75) is 31.9 Å². The maximum Gasteiger partial charge on any atom is 0.156 e. The van der Waals surface area contributed by atoms with E-state index in [2.05, 4.69) is 4.90 Å². The Bertz CT molecular complexity index is 211. The van der Waals surface area contributed by atoms with Gasteiger partial charge < -0.3 is 10.0 Å². The fourth-order valence-electron chi connectivity index (χ4n) is 1.73. The third-order valence-electron chi connectivity index (χ3n) is 2.93. The first kappa shape index (κ1) is 9.50. The summed E-state index contributed by atoms with van der Waals surface area (Å²) in [7, 11) is 2.03. The summed E-state index contributed by atoms with van der Waals surface area (Å²) >= 11 is 0. The SMILES string of the molecule is C[C@@H]1C[C@](O)(C#N)[C@H](C)CN1C. The highest BCUT2D eigenvalue weighted by Gasteiger charge is 2.41. The second-order valence-electron chi connectivity index (χ2n) is 3.93. The van der Waals surface area contributed by atoms with E-state index >= 15 is 0 Å². The van der Waals surface area contributed by atoms with Crippen molar-refractivity contribution in [3.05, 3.63) is 0 Å². The van der Waals surface area contributed by atoms with E-state index in [0.717, 1.165) is 6.54 Å². The molecule has 0 bridgehead atoms. The van der Waals surface area contributed by atoms with Gasteiger partial charge in [0, 0.05) is 24.9 Å². The standard InChI is InChI=1S/C9H16N2O/c1-7-5-11(3)8(2)4-9(7,12)6-10/h7-8,12H,4-5H2,1-3H3/t7-,8-,9+/m1/s1. The summed E-state index contributed by atoms with van der Waals surface area (Å²) in [6, 6.07) is 2.31. The van der Waals surface area contributed by atoms with Crippen LogP contribution in [0.3, 0.4) is 0 Å². The number of nitrogens with zero attached hydrogens (tertiary/aromatic N) is 2. The van der Waals surface area contributed by atoms with Crippen molar-refractivity contribution in [2.75, 3.05) is 13.6 Å². The predicted octanol–water partition coefficient (Wildman–Crippen LogP) is 0.601. The molecule has 0 aromatic heterocycles. The Morgan fingerprint density at radius 1 is 1.58 bits per heavy atom. The fourth-order valence-corrected chi connectivity index (χ4v) is 1.73. The normalized spacial score (nSPS) is 43.9. The third-order valence-corrected chi connectivity index (χ3v) is 2.93. The lowest BCUT2D eigenvalue weighted by Gasteiger charge is -2.41. The molecule has 68 valence electrons. The number of likely N-dealkylation sites (tertiary alicyclic amines) is 1. The lowest BCUT2D eigenvalue weighted by Crippen LogP contribution is -2.52. The quantitative estimate of drug-likeness (QED) is 0.539. The van der Waals surface area contributed by atoms with Crippen LogP contribution in [-0.2, 0) is 0 Å². The van der Waals surface area contributed by atoms with E-state index in [1.54, 1.807) is 0 Å². The van der Waals surface area contributed by atoms with Gasteiger partial charge in [0.25, 0.3) is 0 Å². The van der Waals surface area contributed by atoms with E-state index in [9.17, 15) is 5.11 Å². The average Bonchev–Trinajstić information content (AvgIpc) is 2.01. The number of hydrogen-bond donors (Lipinski definition) is 1. The van der Waals surface area contributed by atoms with Crippen LogP contribution in [0.5, 0.6) is 0 Å². The van der Waals surface area contributed by atoms with E-state index in [1.165, 1.54) is 0 Å². The van der Waals surface area contributed by atoms with Gasteiger partial charge in [-0.3, -0.25) is 0 Å². The molecular formula is C9H16N2O. The zero-order valence-corrected chi connectivity index (χ0v) is 7.91. The Labute approximate surface area is 73.6 Å². The van der Waals surface area contributed by atoms with E-state index in [4.69, 9.17) is 5.26 Å². The molecule has 12 heavy (non-hydrogen) atoms. The average molecular weight is 168 g/mol. The fraction of sp³-hybridized carbons (Fsp3) is 0.889. The van der Waals surface area contributed by atoms with Crippen LogP contribution >= 0.6 is 0 Å². The van der Waals surface area contributed by atoms with Crippen LogP contribution < -0.4 is 0 Å². The van der Waals surface area contributed by atoms with Gasteiger partial charge in [0.05, 0.1) is 6.07 Å². The van der Waals surface area contributed by atoms with Gasteiger partial charge in [-0.1, -0.05) is 6.92 Å². The Kier molecular flexibility index (Phi) is 2.41. The Hall–Kier alpha value is -0.590. The van der Waals surface area contributed by atoms with E-state index < -0.39 is 5.60 Å². The number of nitriles is 1. The molecule has 0 aliphatic carbocycles. The molecule has 1 rings (SSSR count). The molecule has 3 heteroatoms. The molecule has 1 aliphatic heterocycles. The third kappa shape index (κ3) is 1.45. The summed E-state index contributed by atoms with van der Waals surface area (Å²) in [5, 5.41) is 18.7. The van der Waals surface area contributed by atoms with Crippen LogP contribution in [0.1, 0.15) is 20.3 Å². The topological polar surface area (TPSA) is 47.3 Å². The molecule has 3 atom stereocenters. The van der Waals surface area contributed by atoms with Crippen molar-refractivity contribution in [1.29, 1.82) is 5.26 Å². The molecule has 0 radical (unpaired) electrons. The Balaban J connectivity index is 2.76. The summed E-state index contributed by atoms with van der Waals surface area (Å²) < 4.78 is 0.